The Bertz CT molecular complexity index is 1010. The second kappa shape index (κ2) is 12.7. The maximum atomic E-state index is 13.8. The Labute approximate surface area is 220 Å². The molecule has 0 amide bonds. The Kier molecular flexibility index (Phi) is 10.7. The highest BCUT2D eigenvalue weighted by molar-refractivity contribution is 7.09. The molecule has 208 valence electrons. The number of alkyl halides is 3. The number of allylic oxidation sites excluding steroid dienone is 1. The number of carbonyl (C=O) groups excluding carboxylic acids is 2. The van der Waals surface area contributed by atoms with Crippen LogP contribution in [0.3, 0.4) is 0 Å². The van der Waals surface area contributed by atoms with Crippen molar-refractivity contribution < 1.29 is 37.7 Å². The zero-order valence-electron chi connectivity index (χ0n) is 22.3. The van der Waals surface area contributed by atoms with E-state index < -0.39 is 65.5 Å². The third-order valence-electron chi connectivity index (χ3n) is 7.18. The fourth-order valence-corrected chi connectivity index (χ4v) is 5.08. The highest BCUT2D eigenvalue weighted by atomic mass is 32.1. The van der Waals surface area contributed by atoms with Crippen LogP contribution in [0.15, 0.2) is 22.6 Å². The van der Waals surface area contributed by atoms with E-state index in [-0.39, 0.29) is 25.7 Å². The van der Waals surface area contributed by atoms with Gasteiger partial charge in [0.25, 0.3) is 0 Å². The van der Waals surface area contributed by atoms with Gasteiger partial charge in [0.05, 0.1) is 34.7 Å². The standard InChI is InChI=1S/C27H38F3NO5S/c1-15-8-7-9-19(27(28,29)30)10-11-21(16(2)12-20-14-37-18(4)31-20)36-23(33)13-22(32)26(5,6)25(35)17(3)24(15)34/h10,12,14-15,17,21-22,24,32,34H,7-9,11,13H2,1-6H3/b16-12+,19-10+. The van der Waals surface area contributed by atoms with Crippen molar-refractivity contribution in [3.63, 3.8) is 0 Å². The molecule has 1 aromatic heterocycles. The summed E-state index contributed by atoms with van der Waals surface area (Å²) >= 11 is 1.42. The molecular weight excluding hydrogens is 507 g/mol. The van der Waals surface area contributed by atoms with Gasteiger partial charge in [0.2, 0.25) is 0 Å². The van der Waals surface area contributed by atoms with Gasteiger partial charge in [-0.25, -0.2) is 4.98 Å². The summed E-state index contributed by atoms with van der Waals surface area (Å²) in [4.78, 5) is 30.3. The summed E-state index contributed by atoms with van der Waals surface area (Å²) in [6.07, 6.45) is -5.89. The Morgan fingerprint density at radius 1 is 1.24 bits per heavy atom. The predicted octanol–water partition coefficient (Wildman–Crippen LogP) is 5.81. The molecule has 2 rings (SSSR count). The normalized spacial score (nSPS) is 30.9. The zero-order chi connectivity index (χ0) is 28.1. The molecule has 5 unspecified atom stereocenters. The molecule has 10 heteroatoms. The third-order valence-corrected chi connectivity index (χ3v) is 7.97. The van der Waals surface area contributed by atoms with Crippen molar-refractivity contribution >= 4 is 29.2 Å². The average Bonchev–Trinajstić information content (AvgIpc) is 3.21. The highest BCUT2D eigenvalue weighted by Gasteiger charge is 2.42. The van der Waals surface area contributed by atoms with Crippen LogP contribution >= 0.6 is 11.3 Å². The molecule has 1 aliphatic heterocycles. The minimum absolute atomic E-state index is 0.161. The number of aliphatic hydroxyl groups is 2. The van der Waals surface area contributed by atoms with Crippen molar-refractivity contribution in [3.8, 4) is 0 Å². The van der Waals surface area contributed by atoms with Crippen molar-refractivity contribution in [1.82, 2.24) is 4.98 Å². The van der Waals surface area contributed by atoms with Crippen LogP contribution in [0, 0.1) is 24.2 Å². The van der Waals surface area contributed by atoms with Gasteiger partial charge < -0.3 is 14.9 Å². The molecule has 0 aliphatic carbocycles. The van der Waals surface area contributed by atoms with E-state index in [1.54, 1.807) is 25.3 Å². The number of carbonyl (C=O) groups is 2. The predicted molar refractivity (Wildman–Crippen MR) is 137 cm³/mol. The number of aliphatic hydroxyl groups excluding tert-OH is 2. The van der Waals surface area contributed by atoms with Crippen molar-refractivity contribution in [2.45, 2.75) is 98.1 Å². The Morgan fingerprint density at radius 2 is 1.89 bits per heavy atom. The highest BCUT2D eigenvalue weighted by Crippen LogP contribution is 2.35. The third kappa shape index (κ3) is 8.48. The van der Waals surface area contributed by atoms with E-state index in [1.165, 1.54) is 32.1 Å². The molecule has 2 N–H and O–H groups in total. The molecule has 37 heavy (non-hydrogen) atoms. The van der Waals surface area contributed by atoms with Crippen LogP contribution in [0.2, 0.25) is 0 Å². The molecule has 5 atom stereocenters. The first-order chi connectivity index (χ1) is 17.0. The molecule has 0 radical (unpaired) electrons. The van der Waals surface area contributed by atoms with E-state index in [1.807, 2.05) is 6.92 Å². The number of nitrogens with zero attached hydrogens (tertiary/aromatic N) is 1. The second-order valence-electron chi connectivity index (χ2n) is 10.6. The Morgan fingerprint density at radius 3 is 2.46 bits per heavy atom. The Balaban J connectivity index is 2.45. The van der Waals surface area contributed by atoms with Gasteiger partial charge in [-0.05, 0) is 50.7 Å². The van der Waals surface area contributed by atoms with Crippen LogP contribution in [-0.4, -0.2) is 51.4 Å². The number of halogens is 3. The lowest BCUT2D eigenvalue weighted by molar-refractivity contribution is -0.154. The van der Waals surface area contributed by atoms with Crippen molar-refractivity contribution in [1.29, 1.82) is 0 Å². The molecular formula is C27H38F3NO5S. The van der Waals surface area contributed by atoms with Crippen LogP contribution in [0.5, 0.6) is 0 Å². The molecule has 0 fully saturated rings. The number of ketones is 1. The first kappa shape index (κ1) is 31.2. The number of esters is 1. The number of thiazole rings is 1. The van der Waals surface area contributed by atoms with Crippen LogP contribution in [-0.2, 0) is 14.3 Å². The molecule has 1 aliphatic rings. The van der Waals surface area contributed by atoms with Gasteiger partial charge in [-0.2, -0.15) is 13.2 Å². The molecule has 0 saturated heterocycles. The molecule has 0 bridgehead atoms. The number of cyclic esters (lactones) is 1. The molecule has 6 nitrogen and oxygen atoms in total. The van der Waals surface area contributed by atoms with E-state index in [4.69, 9.17) is 4.74 Å². The monoisotopic (exact) mass is 545 g/mol. The van der Waals surface area contributed by atoms with Gasteiger partial charge in [0.1, 0.15) is 11.9 Å². The maximum Gasteiger partial charge on any atom is 0.412 e. The zero-order valence-corrected chi connectivity index (χ0v) is 23.1. The number of rotatable bonds is 2. The second-order valence-corrected chi connectivity index (χ2v) is 11.6. The summed E-state index contributed by atoms with van der Waals surface area (Å²) in [5.74, 6) is -2.57. The fraction of sp³-hybridized carbons (Fsp3) is 0.667. The molecule has 0 spiro atoms. The number of ether oxygens (including phenoxy) is 1. The van der Waals surface area contributed by atoms with Gasteiger partial charge in [0.15, 0.2) is 0 Å². The minimum atomic E-state index is -4.56. The van der Waals surface area contributed by atoms with Gasteiger partial charge >= 0.3 is 12.1 Å². The van der Waals surface area contributed by atoms with Crippen LogP contribution in [0.1, 0.15) is 77.4 Å². The van der Waals surface area contributed by atoms with Crippen LogP contribution < -0.4 is 0 Å². The maximum absolute atomic E-state index is 13.8. The van der Waals surface area contributed by atoms with E-state index in [2.05, 4.69) is 4.98 Å². The fourth-order valence-electron chi connectivity index (χ4n) is 4.51. The smallest absolute Gasteiger partial charge is 0.412 e. The van der Waals surface area contributed by atoms with Gasteiger partial charge in [0, 0.05) is 23.3 Å². The first-order valence-corrected chi connectivity index (χ1v) is 13.4. The van der Waals surface area contributed by atoms with E-state index in [0.29, 0.717) is 11.3 Å². The lowest BCUT2D eigenvalue weighted by Crippen LogP contribution is -2.45. The van der Waals surface area contributed by atoms with Crippen molar-refractivity contribution in [2.24, 2.45) is 17.3 Å². The largest absolute Gasteiger partial charge is 0.457 e. The summed E-state index contributed by atoms with van der Waals surface area (Å²) < 4.78 is 46.9. The summed E-state index contributed by atoms with van der Waals surface area (Å²) in [6, 6.07) is 0. The SMILES string of the molecule is C/C(=C\c1csc(C)n1)C1C/C=C(/C(F)(F)F)CCCC(C)C(O)C(C)C(=O)C(C)(C)C(O)CC(=O)O1. The topological polar surface area (TPSA) is 96.7 Å². The minimum Gasteiger partial charge on any atom is -0.457 e. The lowest BCUT2D eigenvalue weighted by atomic mass is 9.73. The number of hydrogen-bond acceptors (Lipinski definition) is 7. The van der Waals surface area contributed by atoms with E-state index in [9.17, 15) is 33.0 Å². The van der Waals surface area contributed by atoms with Gasteiger partial charge in [-0.1, -0.05) is 33.8 Å². The first-order valence-electron chi connectivity index (χ1n) is 12.5. The molecule has 1 aromatic rings. The van der Waals surface area contributed by atoms with Crippen molar-refractivity contribution in [2.75, 3.05) is 0 Å². The van der Waals surface area contributed by atoms with Crippen LogP contribution in [0.4, 0.5) is 13.2 Å². The summed E-state index contributed by atoms with van der Waals surface area (Å²) in [5.41, 5.74) is -0.966. The molecule has 0 saturated carbocycles. The summed E-state index contributed by atoms with van der Waals surface area (Å²) in [6.45, 7) is 9.73. The lowest BCUT2D eigenvalue weighted by Gasteiger charge is -2.34. The summed E-state index contributed by atoms with van der Waals surface area (Å²) in [7, 11) is 0. The van der Waals surface area contributed by atoms with Crippen LogP contribution in [0.25, 0.3) is 6.08 Å². The average molecular weight is 546 g/mol. The molecule has 2 heterocycles. The number of hydrogen-bond donors (Lipinski definition) is 2. The van der Waals surface area contributed by atoms with Gasteiger partial charge in [-0.15, -0.1) is 11.3 Å². The number of aryl methyl sites for hydroxylation is 1. The van der Waals surface area contributed by atoms with Gasteiger partial charge in [-0.3, -0.25) is 9.59 Å². The quantitative estimate of drug-likeness (QED) is 0.360. The Hall–Kier alpha value is -2.04. The summed E-state index contributed by atoms with van der Waals surface area (Å²) in [5, 5.41) is 24.1. The van der Waals surface area contributed by atoms with Crippen molar-refractivity contribution in [3.05, 3.63) is 33.3 Å². The van der Waals surface area contributed by atoms with E-state index in [0.717, 1.165) is 11.1 Å². The number of aromatic nitrogens is 1. The molecule has 0 aromatic carbocycles. The van der Waals surface area contributed by atoms with E-state index >= 15 is 0 Å². The number of Topliss-reactive ketones (excluding diaryl/α,β-unsaturated/α-hetero) is 1.